The van der Waals surface area contributed by atoms with Gasteiger partial charge in [-0.15, -0.1) is 0 Å². The van der Waals surface area contributed by atoms with Crippen LogP contribution in [0.2, 0.25) is 0 Å². The third-order valence-corrected chi connectivity index (χ3v) is 3.23. The van der Waals surface area contributed by atoms with E-state index < -0.39 is 47.8 Å². The van der Waals surface area contributed by atoms with Crippen molar-refractivity contribution in [2.75, 3.05) is 7.11 Å². The lowest BCUT2D eigenvalue weighted by Crippen LogP contribution is -2.74. The number of hydrogen-bond acceptors (Lipinski definition) is 4. The zero-order valence-electron chi connectivity index (χ0n) is 12.1. The van der Waals surface area contributed by atoms with E-state index in [2.05, 4.69) is 4.74 Å². The second kappa shape index (κ2) is 5.04. The monoisotopic (exact) mass is 313 g/mol. The van der Waals surface area contributed by atoms with Gasteiger partial charge >= 0.3 is 18.2 Å². The number of carboxylic acid groups (broad SMARTS) is 1. The number of alkyl carbamates (subject to hydrolysis) is 1. The molecule has 0 radical (unpaired) electrons. The summed E-state index contributed by atoms with van der Waals surface area (Å²) in [5.41, 5.74) is -5.51. The molecule has 0 atom stereocenters. The molecule has 21 heavy (non-hydrogen) atoms. The van der Waals surface area contributed by atoms with Gasteiger partial charge in [-0.3, -0.25) is 0 Å². The molecule has 1 aliphatic rings. The van der Waals surface area contributed by atoms with Crippen LogP contribution in [-0.4, -0.2) is 47.2 Å². The highest BCUT2D eigenvalue weighted by Gasteiger charge is 2.72. The molecule has 0 aromatic heterocycles. The number of halogens is 3. The fourth-order valence-corrected chi connectivity index (χ4v) is 2.18. The van der Waals surface area contributed by atoms with Crippen LogP contribution in [0.4, 0.5) is 18.0 Å². The van der Waals surface area contributed by atoms with Gasteiger partial charge in [0.05, 0.1) is 0 Å². The summed E-state index contributed by atoms with van der Waals surface area (Å²) in [6.45, 7) is 4.65. The van der Waals surface area contributed by atoms with Crippen molar-refractivity contribution in [1.29, 1.82) is 0 Å². The molecule has 0 aromatic carbocycles. The minimum absolute atomic E-state index is 0.854. The van der Waals surface area contributed by atoms with E-state index in [1.165, 1.54) is 0 Å². The quantitative estimate of drug-likeness (QED) is 0.833. The second-order valence-electron chi connectivity index (χ2n) is 6.06. The minimum Gasteiger partial charge on any atom is -0.479 e. The van der Waals surface area contributed by atoms with Crippen LogP contribution in [0, 0.1) is 0 Å². The van der Waals surface area contributed by atoms with Crippen molar-refractivity contribution >= 4 is 12.1 Å². The Morgan fingerprint density at radius 2 is 1.67 bits per heavy atom. The van der Waals surface area contributed by atoms with Crippen LogP contribution in [0.3, 0.4) is 0 Å². The topological polar surface area (TPSA) is 84.9 Å². The Bertz CT molecular complexity index is 435. The van der Waals surface area contributed by atoms with E-state index >= 15 is 0 Å². The summed E-state index contributed by atoms with van der Waals surface area (Å²) in [4.78, 5) is 22.8. The number of carbonyl (C=O) groups is 2. The van der Waals surface area contributed by atoms with Crippen molar-refractivity contribution in [2.24, 2.45) is 0 Å². The lowest BCUT2D eigenvalue weighted by atomic mass is 9.64. The van der Waals surface area contributed by atoms with E-state index in [0.717, 1.165) is 7.11 Å². The van der Waals surface area contributed by atoms with Crippen LogP contribution in [-0.2, 0) is 14.3 Å². The molecule has 1 fully saturated rings. The van der Waals surface area contributed by atoms with Gasteiger partial charge in [-0.2, -0.15) is 13.2 Å². The third kappa shape index (κ3) is 3.39. The van der Waals surface area contributed by atoms with Gasteiger partial charge in [-0.1, -0.05) is 0 Å². The highest BCUT2D eigenvalue weighted by Crippen LogP contribution is 2.53. The van der Waals surface area contributed by atoms with Crippen LogP contribution in [0.15, 0.2) is 0 Å². The molecule has 1 aliphatic carbocycles. The summed E-state index contributed by atoms with van der Waals surface area (Å²) in [6, 6.07) is 0. The Balaban J connectivity index is 2.87. The highest BCUT2D eigenvalue weighted by atomic mass is 19.4. The molecule has 122 valence electrons. The maximum Gasteiger partial charge on any atom is 0.417 e. The van der Waals surface area contributed by atoms with E-state index in [4.69, 9.17) is 9.84 Å². The van der Waals surface area contributed by atoms with Crippen LogP contribution in [0.5, 0.6) is 0 Å². The van der Waals surface area contributed by atoms with E-state index in [0.29, 0.717) is 0 Å². The molecule has 0 aromatic rings. The van der Waals surface area contributed by atoms with Gasteiger partial charge in [0.2, 0.25) is 0 Å². The van der Waals surface area contributed by atoms with Crippen LogP contribution >= 0.6 is 0 Å². The summed E-state index contributed by atoms with van der Waals surface area (Å²) >= 11 is 0. The van der Waals surface area contributed by atoms with Crippen LogP contribution < -0.4 is 5.32 Å². The number of aliphatic carboxylic acids is 1. The number of rotatable bonds is 3. The smallest absolute Gasteiger partial charge is 0.417 e. The van der Waals surface area contributed by atoms with Gasteiger partial charge in [0, 0.05) is 20.0 Å². The van der Waals surface area contributed by atoms with Gasteiger partial charge in [-0.05, 0) is 20.8 Å². The molecule has 2 N–H and O–H groups in total. The molecule has 0 heterocycles. The first-order valence-corrected chi connectivity index (χ1v) is 6.13. The molecule has 0 bridgehead atoms. The van der Waals surface area contributed by atoms with Gasteiger partial charge in [0.25, 0.3) is 0 Å². The zero-order chi connectivity index (χ0) is 16.7. The maximum absolute atomic E-state index is 12.9. The Morgan fingerprint density at radius 3 is 1.95 bits per heavy atom. The van der Waals surface area contributed by atoms with E-state index in [-0.39, 0.29) is 0 Å². The van der Waals surface area contributed by atoms with Crippen molar-refractivity contribution in [1.82, 2.24) is 5.32 Å². The fraction of sp³-hybridized carbons (Fsp3) is 0.833. The number of nitrogens with one attached hydrogen (secondary N) is 1. The second-order valence-corrected chi connectivity index (χ2v) is 6.06. The molecule has 0 aliphatic heterocycles. The minimum atomic E-state index is -4.73. The number of methoxy groups -OCH3 is 1. The molecule has 9 heteroatoms. The van der Waals surface area contributed by atoms with Crippen molar-refractivity contribution < 1.29 is 37.3 Å². The fourth-order valence-electron chi connectivity index (χ4n) is 2.18. The van der Waals surface area contributed by atoms with E-state index in [9.17, 15) is 22.8 Å². The molecule has 0 saturated heterocycles. The molecule has 1 amide bonds. The van der Waals surface area contributed by atoms with Crippen LogP contribution in [0.25, 0.3) is 0 Å². The normalized spacial score (nSPS) is 29.5. The lowest BCUT2D eigenvalue weighted by molar-refractivity contribution is -0.312. The Morgan fingerprint density at radius 1 is 1.19 bits per heavy atom. The first kappa shape index (κ1) is 17.5. The standard InChI is InChI=1S/C12H18F3NO5/c1-9(2,3)21-8(19)16-10(7(17)18)5-11(6-10,20-4)12(13,14)15/h5-6H2,1-4H3,(H,16,19)(H,17,18). The largest absolute Gasteiger partial charge is 0.479 e. The maximum atomic E-state index is 12.9. The van der Waals surface area contributed by atoms with E-state index in [1.54, 1.807) is 20.8 Å². The van der Waals surface area contributed by atoms with Gasteiger partial charge in [0.15, 0.2) is 5.60 Å². The number of alkyl halides is 3. The molecule has 1 saturated carbocycles. The summed E-state index contributed by atoms with van der Waals surface area (Å²) in [6.07, 6.45) is -7.63. The summed E-state index contributed by atoms with van der Waals surface area (Å²) in [7, 11) is 0.854. The summed E-state index contributed by atoms with van der Waals surface area (Å²) in [5.74, 6) is -1.56. The Labute approximate surface area is 119 Å². The van der Waals surface area contributed by atoms with Crippen molar-refractivity contribution in [2.45, 2.75) is 56.5 Å². The van der Waals surface area contributed by atoms with Gasteiger partial charge in [-0.25, -0.2) is 9.59 Å². The summed E-state index contributed by atoms with van der Waals surface area (Å²) < 4.78 is 48.0. The number of ether oxygens (including phenoxy) is 2. The predicted molar refractivity (Wildman–Crippen MR) is 64.8 cm³/mol. The van der Waals surface area contributed by atoms with Crippen molar-refractivity contribution in [3.05, 3.63) is 0 Å². The van der Waals surface area contributed by atoms with E-state index in [1.807, 2.05) is 5.32 Å². The Kier molecular flexibility index (Phi) is 4.21. The number of amides is 1. The number of hydrogen-bond donors (Lipinski definition) is 2. The molecular formula is C12H18F3NO5. The highest BCUT2D eigenvalue weighted by molar-refractivity contribution is 5.86. The number of carboxylic acids is 1. The number of carbonyl (C=O) groups excluding carboxylic acids is 1. The van der Waals surface area contributed by atoms with Gasteiger partial charge < -0.3 is 19.9 Å². The molecule has 0 spiro atoms. The van der Waals surface area contributed by atoms with Crippen molar-refractivity contribution in [3.63, 3.8) is 0 Å². The third-order valence-electron chi connectivity index (χ3n) is 3.23. The van der Waals surface area contributed by atoms with Crippen molar-refractivity contribution in [3.8, 4) is 0 Å². The average molecular weight is 313 g/mol. The van der Waals surface area contributed by atoms with Gasteiger partial charge in [0.1, 0.15) is 11.1 Å². The molecule has 1 rings (SSSR count). The summed E-state index contributed by atoms with van der Waals surface area (Å²) in [5, 5.41) is 11.1. The lowest BCUT2D eigenvalue weighted by Gasteiger charge is -2.52. The molecular weight excluding hydrogens is 295 g/mol. The first-order valence-electron chi connectivity index (χ1n) is 6.13. The van der Waals surface area contributed by atoms with Crippen LogP contribution in [0.1, 0.15) is 33.6 Å². The SMILES string of the molecule is COC1(C(F)(F)F)CC(NC(=O)OC(C)(C)C)(C(=O)O)C1. The zero-order valence-corrected chi connectivity index (χ0v) is 12.1. The predicted octanol–water partition coefficient (Wildman–Crippen LogP) is 2.08. The average Bonchev–Trinajstić information content (AvgIpc) is 2.17. The molecule has 0 unspecified atom stereocenters. The Hall–Kier alpha value is -1.51. The molecule has 6 nitrogen and oxygen atoms in total. The first-order chi connectivity index (χ1) is 9.27.